The molecule has 4 heterocycles. The highest BCUT2D eigenvalue weighted by atomic mass is 16.6. The number of hydrogen-bond donors (Lipinski definition) is 1. The third-order valence-electron chi connectivity index (χ3n) is 8.27. The normalized spacial score (nSPS) is 17.4. The van der Waals surface area contributed by atoms with Crippen LogP contribution in [-0.4, -0.2) is 80.1 Å². The third kappa shape index (κ3) is 6.96. The van der Waals surface area contributed by atoms with E-state index in [4.69, 9.17) is 19.6 Å². The van der Waals surface area contributed by atoms with Crippen molar-refractivity contribution < 1.29 is 24.2 Å². The van der Waals surface area contributed by atoms with Crippen LogP contribution >= 0.6 is 0 Å². The fourth-order valence-corrected chi connectivity index (χ4v) is 5.95. The van der Waals surface area contributed by atoms with E-state index in [1.165, 1.54) is 5.56 Å². The van der Waals surface area contributed by atoms with Gasteiger partial charge in [0.2, 0.25) is 0 Å². The lowest BCUT2D eigenvalue weighted by Crippen LogP contribution is -2.51. The highest BCUT2D eigenvalue weighted by molar-refractivity contribution is 6.07. The molecule has 10 heteroatoms. The Morgan fingerprint density at radius 1 is 0.956 bits per heavy atom. The SMILES string of the molecule is CC(C)(C)OC(=O)N1CCN(C(=O)c2cc(-c3ccc(O)cc3)nc3c2c(CCc2ccccc2)nn3C2CCCCO2)CC1. The average molecular weight is 612 g/mol. The number of hydrogen-bond acceptors (Lipinski definition) is 7. The Kier molecular flexibility index (Phi) is 8.76. The number of piperazine rings is 1. The summed E-state index contributed by atoms with van der Waals surface area (Å²) in [6.07, 6.45) is 3.60. The number of benzene rings is 2. The van der Waals surface area contributed by atoms with E-state index in [1.54, 1.807) is 34.1 Å². The maximum Gasteiger partial charge on any atom is 0.410 e. The van der Waals surface area contributed by atoms with Gasteiger partial charge in [-0.3, -0.25) is 4.79 Å². The Bertz CT molecular complexity index is 1650. The van der Waals surface area contributed by atoms with Gasteiger partial charge in [-0.1, -0.05) is 30.3 Å². The Morgan fingerprint density at radius 2 is 1.67 bits per heavy atom. The van der Waals surface area contributed by atoms with E-state index in [0.29, 0.717) is 56.1 Å². The van der Waals surface area contributed by atoms with Crippen LogP contribution in [0.2, 0.25) is 0 Å². The number of aryl methyl sites for hydroxylation is 2. The predicted molar refractivity (Wildman–Crippen MR) is 171 cm³/mol. The molecule has 0 radical (unpaired) electrons. The van der Waals surface area contributed by atoms with Crippen LogP contribution in [0.1, 0.15) is 67.9 Å². The van der Waals surface area contributed by atoms with Crippen LogP contribution in [0, 0.1) is 0 Å². The molecular weight excluding hydrogens is 570 g/mol. The number of aromatic nitrogens is 3. The highest BCUT2D eigenvalue weighted by Gasteiger charge is 2.32. The summed E-state index contributed by atoms with van der Waals surface area (Å²) in [5.41, 5.74) is 3.95. The summed E-state index contributed by atoms with van der Waals surface area (Å²) in [7, 11) is 0. The van der Waals surface area contributed by atoms with Crippen LogP contribution in [0.25, 0.3) is 22.3 Å². The number of carbonyl (C=O) groups is 2. The number of ether oxygens (including phenoxy) is 2. The zero-order valence-corrected chi connectivity index (χ0v) is 26.2. The van der Waals surface area contributed by atoms with E-state index in [2.05, 4.69) is 12.1 Å². The molecule has 0 saturated carbocycles. The Balaban J connectivity index is 1.40. The van der Waals surface area contributed by atoms with Gasteiger partial charge in [0.05, 0.1) is 22.3 Å². The molecule has 0 spiro atoms. The van der Waals surface area contributed by atoms with E-state index in [9.17, 15) is 14.7 Å². The van der Waals surface area contributed by atoms with Gasteiger partial charge in [-0.15, -0.1) is 0 Å². The smallest absolute Gasteiger partial charge is 0.410 e. The van der Waals surface area contributed by atoms with Crippen molar-refractivity contribution in [1.82, 2.24) is 24.6 Å². The van der Waals surface area contributed by atoms with Gasteiger partial charge in [0, 0.05) is 38.3 Å². The van der Waals surface area contributed by atoms with Crippen molar-refractivity contribution in [2.24, 2.45) is 0 Å². The fourth-order valence-electron chi connectivity index (χ4n) is 5.95. The van der Waals surface area contributed by atoms with E-state index in [0.717, 1.165) is 42.3 Å². The van der Waals surface area contributed by atoms with Crippen molar-refractivity contribution in [3.05, 3.63) is 77.5 Å². The van der Waals surface area contributed by atoms with Crippen LogP contribution in [0.15, 0.2) is 60.7 Å². The monoisotopic (exact) mass is 611 g/mol. The molecular formula is C35H41N5O5. The second-order valence-corrected chi connectivity index (χ2v) is 12.8. The molecule has 0 bridgehead atoms. The Labute approximate surface area is 263 Å². The first-order valence-corrected chi connectivity index (χ1v) is 15.8. The first-order valence-electron chi connectivity index (χ1n) is 15.8. The lowest BCUT2D eigenvalue weighted by molar-refractivity contribution is -0.0372. The lowest BCUT2D eigenvalue weighted by atomic mass is 10.0. The Hall–Kier alpha value is -4.44. The summed E-state index contributed by atoms with van der Waals surface area (Å²) in [4.78, 5) is 35.7. The molecule has 1 unspecified atom stereocenters. The van der Waals surface area contributed by atoms with E-state index in [1.807, 2.05) is 49.7 Å². The van der Waals surface area contributed by atoms with Crippen LogP contribution in [0.4, 0.5) is 4.79 Å². The van der Waals surface area contributed by atoms with Crippen LogP contribution in [0.5, 0.6) is 5.75 Å². The summed E-state index contributed by atoms with van der Waals surface area (Å²) in [5, 5.41) is 15.8. The van der Waals surface area contributed by atoms with Gasteiger partial charge in [-0.2, -0.15) is 5.10 Å². The molecule has 2 aliphatic heterocycles. The molecule has 1 N–H and O–H groups in total. The van der Waals surface area contributed by atoms with Crippen molar-refractivity contribution in [2.45, 2.75) is 64.7 Å². The van der Waals surface area contributed by atoms with Crippen molar-refractivity contribution in [1.29, 1.82) is 0 Å². The van der Waals surface area contributed by atoms with Crippen LogP contribution < -0.4 is 0 Å². The molecule has 6 rings (SSSR count). The molecule has 2 saturated heterocycles. The van der Waals surface area contributed by atoms with E-state index < -0.39 is 5.60 Å². The minimum absolute atomic E-state index is 0.128. The standard InChI is InChI=1S/C35H41N5O5/c1-35(2,3)45-34(43)39-20-18-38(19-21-39)33(42)27-23-29(25-13-15-26(41)16-14-25)36-32-31(27)28(17-12-24-9-5-4-6-10-24)37-40(32)30-11-7-8-22-44-30/h4-6,9-10,13-16,23,30,41H,7-8,11-12,17-22H2,1-3H3. The third-order valence-corrected chi connectivity index (χ3v) is 8.27. The number of amides is 2. The zero-order chi connectivity index (χ0) is 31.6. The van der Waals surface area contributed by atoms with Gasteiger partial charge in [0.15, 0.2) is 11.9 Å². The van der Waals surface area contributed by atoms with Gasteiger partial charge in [-0.05, 0) is 88.8 Å². The largest absolute Gasteiger partial charge is 0.508 e. The number of phenols is 1. The number of fused-ring (bicyclic) bond motifs is 1. The zero-order valence-electron chi connectivity index (χ0n) is 26.2. The number of aromatic hydroxyl groups is 1. The summed E-state index contributed by atoms with van der Waals surface area (Å²) in [6.45, 7) is 7.73. The van der Waals surface area contributed by atoms with Crippen LogP contribution in [-0.2, 0) is 22.3 Å². The van der Waals surface area contributed by atoms with Gasteiger partial charge >= 0.3 is 6.09 Å². The van der Waals surface area contributed by atoms with E-state index >= 15 is 0 Å². The minimum atomic E-state index is -0.588. The highest BCUT2D eigenvalue weighted by Crippen LogP contribution is 2.33. The maximum absolute atomic E-state index is 14.4. The lowest BCUT2D eigenvalue weighted by Gasteiger charge is -2.35. The van der Waals surface area contributed by atoms with Crippen LogP contribution in [0.3, 0.4) is 0 Å². The fraction of sp³-hybridized carbons (Fsp3) is 0.429. The summed E-state index contributed by atoms with van der Waals surface area (Å²) >= 11 is 0. The maximum atomic E-state index is 14.4. The van der Waals surface area contributed by atoms with Gasteiger partial charge in [-0.25, -0.2) is 14.5 Å². The minimum Gasteiger partial charge on any atom is -0.508 e. The summed E-state index contributed by atoms with van der Waals surface area (Å²) in [5.74, 6) is 0.0270. The average Bonchev–Trinajstić information content (AvgIpc) is 3.42. The second-order valence-electron chi connectivity index (χ2n) is 12.8. The van der Waals surface area contributed by atoms with Crippen molar-refractivity contribution in [2.75, 3.05) is 32.8 Å². The molecule has 4 aromatic rings. The molecule has 2 aliphatic rings. The molecule has 2 aromatic carbocycles. The molecule has 1 atom stereocenters. The number of rotatable bonds is 6. The second kappa shape index (κ2) is 12.9. The molecule has 45 heavy (non-hydrogen) atoms. The van der Waals surface area contributed by atoms with Crippen molar-refractivity contribution in [3.8, 4) is 17.0 Å². The van der Waals surface area contributed by atoms with E-state index in [-0.39, 0.29) is 24.0 Å². The Morgan fingerprint density at radius 3 is 2.33 bits per heavy atom. The first kappa shape index (κ1) is 30.6. The number of carbonyl (C=O) groups excluding carboxylic acids is 2. The molecule has 0 aliphatic carbocycles. The van der Waals surface area contributed by atoms with Crippen molar-refractivity contribution in [3.63, 3.8) is 0 Å². The molecule has 2 aromatic heterocycles. The molecule has 10 nitrogen and oxygen atoms in total. The number of nitrogens with zero attached hydrogens (tertiary/aromatic N) is 5. The van der Waals surface area contributed by atoms with Gasteiger partial charge in [0.1, 0.15) is 11.4 Å². The molecule has 2 amide bonds. The molecule has 2 fully saturated rings. The summed E-state index contributed by atoms with van der Waals surface area (Å²) < 4.78 is 13.6. The van der Waals surface area contributed by atoms with Crippen molar-refractivity contribution >= 4 is 23.0 Å². The van der Waals surface area contributed by atoms with Gasteiger partial charge in [0.25, 0.3) is 5.91 Å². The predicted octanol–water partition coefficient (Wildman–Crippen LogP) is 5.98. The summed E-state index contributed by atoms with van der Waals surface area (Å²) in [6, 6.07) is 18.9. The first-order chi connectivity index (χ1) is 21.7. The topological polar surface area (TPSA) is 110 Å². The van der Waals surface area contributed by atoms with Gasteiger partial charge < -0.3 is 24.4 Å². The number of phenolic OH excluding ortho intramolecular Hbond substituents is 1. The number of pyridine rings is 1. The quantitative estimate of drug-likeness (QED) is 0.286. The molecule has 236 valence electrons.